The summed E-state index contributed by atoms with van der Waals surface area (Å²) >= 11 is 0. The van der Waals surface area contributed by atoms with Crippen LogP contribution in [0.3, 0.4) is 0 Å². The molecule has 2 nitrogen and oxygen atoms in total. The molecule has 0 aliphatic heterocycles. The summed E-state index contributed by atoms with van der Waals surface area (Å²) in [6.45, 7) is 3.53. The number of fused-ring (bicyclic) bond motifs is 1. The fourth-order valence-electron chi connectivity index (χ4n) is 1.66. The van der Waals surface area contributed by atoms with Crippen molar-refractivity contribution in [1.82, 2.24) is 4.98 Å². The van der Waals surface area contributed by atoms with Gasteiger partial charge in [-0.1, -0.05) is 49.1 Å². The first kappa shape index (κ1) is 12.0. The van der Waals surface area contributed by atoms with Crippen molar-refractivity contribution in [2.75, 3.05) is 0 Å². The van der Waals surface area contributed by atoms with Crippen LogP contribution in [-0.4, -0.2) is 10.1 Å². The average molecular weight is 237 g/mol. The number of phenolic OH excluding ortho intramolecular Hbond substituents is 1. The first-order chi connectivity index (χ1) is 8.81. The Balaban J connectivity index is 0.000000134. The van der Waals surface area contributed by atoms with E-state index in [-0.39, 0.29) is 5.75 Å². The van der Waals surface area contributed by atoms with Gasteiger partial charge in [0.1, 0.15) is 5.75 Å². The quantitative estimate of drug-likeness (QED) is 0.653. The molecule has 0 aliphatic rings. The minimum absolute atomic E-state index is 0.285. The van der Waals surface area contributed by atoms with E-state index in [4.69, 9.17) is 5.11 Å². The second-order valence-corrected chi connectivity index (χ2v) is 3.83. The molecule has 2 heteroatoms. The van der Waals surface area contributed by atoms with Gasteiger partial charge in [-0.2, -0.15) is 0 Å². The maximum Gasteiger partial charge on any atom is 0.122 e. The van der Waals surface area contributed by atoms with Gasteiger partial charge in [-0.05, 0) is 23.6 Å². The summed E-state index contributed by atoms with van der Waals surface area (Å²) in [6.07, 6.45) is 3.57. The Morgan fingerprint density at radius 1 is 0.944 bits per heavy atom. The number of phenols is 1. The Kier molecular flexibility index (Phi) is 3.82. The molecule has 0 saturated carbocycles. The maximum absolute atomic E-state index is 9.04. The fraction of sp³-hybridized carbons (Fsp3) is 0. The van der Waals surface area contributed by atoms with E-state index in [2.05, 4.69) is 29.8 Å². The predicted octanol–water partition coefficient (Wildman–Crippen LogP) is 4.20. The molecule has 0 unspecified atom stereocenters. The molecule has 0 radical (unpaired) electrons. The second-order valence-electron chi connectivity index (χ2n) is 3.83. The van der Waals surface area contributed by atoms with Crippen LogP contribution in [0.4, 0.5) is 0 Å². The van der Waals surface area contributed by atoms with Gasteiger partial charge in [-0.3, -0.25) is 0 Å². The molecule has 0 amide bonds. The second kappa shape index (κ2) is 5.73. The van der Waals surface area contributed by atoms with Gasteiger partial charge in [-0.25, -0.2) is 0 Å². The lowest BCUT2D eigenvalue weighted by molar-refractivity contribution is 0.474. The minimum Gasteiger partial charge on any atom is -0.507 e. The highest BCUT2D eigenvalue weighted by molar-refractivity contribution is 5.78. The summed E-state index contributed by atoms with van der Waals surface area (Å²) in [5.74, 6) is 0.285. The fourth-order valence-corrected chi connectivity index (χ4v) is 1.66. The molecular formula is C16H15NO. The Labute approximate surface area is 106 Å². The van der Waals surface area contributed by atoms with E-state index in [9.17, 15) is 0 Å². The van der Waals surface area contributed by atoms with Crippen molar-refractivity contribution in [3.8, 4) is 5.75 Å². The van der Waals surface area contributed by atoms with Gasteiger partial charge in [0.25, 0.3) is 0 Å². The zero-order chi connectivity index (χ0) is 12.8. The Bertz CT molecular complexity index is 610. The molecule has 1 aromatic heterocycles. The minimum atomic E-state index is 0.285. The van der Waals surface area contributed by atoms with E-state index in [1.165, 1.54) is 10.9 Å². The Morgan fingerprint density at radius 3 is 2.33 bits per heavy atom. The highest BCUT2D eigenvalue weighted by Crippen LogP contribution is 2.15. The van der Waals surface area contributed by atoms with E-state index >= 15 is 0 Å². The van der Waals surface area contributed by atoms with Crippen LogP contribution in [0.5, 0.6) is 5.75 Å². The molecule has 0 aliphatic carbocycles. The number of para-hydroxylation sites is 2. The van der Waals surface area contributed by atoms with Gasteiger partial charge in [0.2, 0.25) is 0 Å². The molecule has 0 saturated heterocycles. The smallest absolute Gasteiger partial charge is 0.122 e. The maximum atomic E-state index is 9.04. The predicted molar refractivity (Wildman–Crippen MR) is 76.5 cm³/mol. The molecule has 0 atom stereocenters. The number of rotatable bonds is 1. The number of aromatic hydroxyl groups is 1. The number of hydrogen-bond donors (Lipinski definition) is 2. The lowest BCUT2D eigenvalue weighted by Crippen LogP contribution is -1.69. The first-order valence-corrected chi connectivity index (χ1v) is 5.74. The van der Waals surface area contributed by atoms with Gasteiger partial charge >= 0.3 is 0 Å². The summed E-state index contributed by atoms with van der Waals surface area (Å²) in [4.78, 5) is 3.12. The third-order valence-corrected chi connectivity index (χ3v) is 2.62. The number of hydrogen-bond acceptors (Lipinski definition) is 1. The van der Waals surface area contributed by atoms with Crippen molar-refractivity contribution >= 4 is 17.0 Å². The van der Waals surface area contributed by atoms with Crippen molar-refractivity contribution in [2.45, 2.75) is 0 Å². The SMILES string of the molecule is C=Cc1ccccc1O.c1ccc2[nH]ccc2c1. The topological polar surface area (TPSA) is 36.0 Å². The molecule has 3 rings (SSSR count). The van der Waals surface area contributed by atoms with Gasteiger partial charge in [-0.15, -0.1) is 0 Å². The Morgan fingerprint density at radius 2 is 1.67 bits per heavy atom. The highest BCUT2D eigenvalue weighted by Gasteiger charge is 1.90. The first-order valence-electron chi connectivity index (χ1n) is 5.74. The van der Waals surface area contributed by atoms with Gasteiger partial charge in [0.05, 0.1) is 0 Å². The third kappa shape index (κ3) is 2.80. The van der Waals surface area contributed by atoms with E-state index in [0.717, 1.165) is 5.56 Å². The van der Waals surface area contributed by atoms with Crippen LogP contribution >= 0.6 is 0 Å². The van der Waals surface area contributed by atoms with Crippen LogP contribution in [0, 0.1) is 0 Å². The highest BCUT2D eigenvalue weighted by atomic mass is 16.3. The molecule has 2 aromatic carbocycles. The zero-order valence-corrected chi connectivity index (χ0v) is 10.0. The molecule has 90 valence electrons. The molecule has 0 spiro atoms. The standard InChI is InChI=1S/C8H7N.C8H8O/c1-2-4-8-7(3-1)5-6-9-8;1-2-7-5-3-4-6-8(7)9/h1-6,9H;2-6,9H,1H2. The number of H-pyrrole nitrogens is 1. The number of nitrogens with one attached hydrogen (secondary N) is 1. The molecule has 18 heavy (non-hydrogen) atoms. The lowest BCUT2D eigenvalue weighted by atomic mass is 10.2. The summed E-state index contributed by atoms with van der Waals surface area (Å²) in [7, 11) is 0. The van der Waals surface area contributed by atoms with Crippen LogP contribution in [0.15, 0.2) is 67.4 Å². The summed E-state index contributed by atoms with van der Waals surface area (Å²) < 4.78 is 0. The zero-order valence-electron chi connectivity index (χ0n) is 10.0. The van der Waals surface area contributed by atoms with E-state index in [1.807, 2.05) is 30.5 Å². The summed E-state index contributed by atoms with van der Waals surface area (Å²) in [6, 6.07) is 17.4. The molecule has 0 bridgehead atoms. The largest absolute Gasteiger partial charge is 0.507 e. The summed E-state index contributed by atoms with van der Waals surface area (Å²) in [5, 5.41) is 10.3. The van der Waals surface area contributed by atoms with Crippen LogP contribution in [0.1, 0.15) is 5.56 Å². The van der Waals surface area contributed by atoms with Crippen LogP contribution in [-0.2, 0) is 0 Å². The number of benzene rings is 2. The Hall–Kier alpha value is -2.48. The number of aromatic nitrogens is 1. The normalized spacial score (nSPS) is 9.56. The number of aromatic amines is 1. The van der Waals surface area contributed by atoms with Crippen molar-refractivity contribution < 1.29 is 5.11 Å². The third-order valence-electron chi connectivity index (χ3n) is 2.62. The van der Waals surface area contributed by atoms with Crippen molar-refractivity contribution in [3.05, 3.63) is 72.9 Å². The molecule has 0 fully saturated rings. The van der Waals surface area contributed by atoms with Gasteiger partial charge in [0.15, 0.2) is 0 Å². The summed E-state index contributed by atoms with van der Waals surface area (Å²) in [5.41, 5.74) is 1.98. The van der Waals surface area contributed by atoms with Crippen molar-refractivity contribution in [1.29, 1.82) is 0 Å². The molecular weight excluding hydrogens is 222 g/mol. The average Bonchev–Trinajstić information content (AvgIpc) is 2.88. The van der Waals surface area contributed by atoms with Crippen molar-refractivity contribution in [3.63, 3.8) is 0 Å². The molecule has 3 aromatic rings. The van der Waals surface area contributed by atoms with Gasteiger partial charge in [0, 0.05) is 17.3 Å². The van der Waals surface area contributed by atoms with E-state index in [1.54, 1.807) is 18.2 Å². The van der Waals surface area contributed by atoms with Crippen molar-refractivity contribution in [2.24, 2.45) is 0 Å². The van der Waals surface area contributed by atoms with Crippen LogP contribution in [0.25, 0.3) is 17.0 Å². The van der Waals surface area contributed by atoms with E-state index < -0.39 is 0 Å². The molecule has 1 heterocycles. The van der Waals surface area contributed by atoms with E-state index in [0.29, 0.717) is 0 Å². The lowest BCUT2D eigenvalue weighted by Gasteiger charge is -1.93. The van der Waals surface area contributed by atoms with Crippen LogP contribution in [0.2, 0.25) is 0 Å². The monoisotopic (exact) mass is 237 g/mol. The van der Waals surface area contributed by atoms with Gasteiger partial charge < -0.3 is 10.1 Å². The molecule has 2 N–H and O–H groups in total. The van der Waals surface area contributed by atoms with Crippen LogP contribution < -0.4 is 0 Å².